The Labute approximate surface area is 153 Å². The Kier molecular flexibility index (Phi) is 4.28. The molecular weight excluding hydrogens is 318 g/mol. The summed E-state index contributed by atoms with van der Waals surface area (Å²) in [5.41, 5.74) is 6.57. The number of pyridine rings is 1. The van der Waals surface area contributed by atoms with Gasteiger partial charge in [-0.3, -0.25) is 0 Å². The largest absolute Gasteiger partial charge is 0.355 e. The average molecular weight is 339 g/mol. The lowest BCUT2D eigenvalue weighted by molar-refractivity contribution is 1.36. The quantitative estimate of drug-likeness (QED) is 0.455. The maximum Gasteiger partial charge on any atom is 0.133 e. The standard InChI is InChI=1S/C23H21N3/c1-16-7-11-18(12-8-16)24-22-15-23(25-19-13-9-17(2)10-14-19)26-21-6-4-3-5-20(21)22/h3-15H,1-2H3,(H2,24,25,26). The molecule has 0 saturated heterocycles. The maximum absolute atomic E-state index is 4.76. The van der Waals surface area contributed by atoms with E-state index in [1.807, 2.05) is 18.2 Å². The van der Waals surface area contributed by atoms with Gasteiger partial charge in [0.15, 0.2) is 0 Å². The molecule has 3 aromatic carbocycles. The zero-order valence-electron chi connectivity index (χ0n) is 15.0. The van der Waals surface area contributed by atoms with Gasteiger partial charge in [0.2, 0.25) is 0 Å². The van der Waals surface area contributed by atoms with E-state index in [0.717, 1.165) is 33.8 Å². The summed E-state index contributed by atoms with van der Waals surface area (Å²) in [6.07, 6.45) is 0. The molecule has 1 aromatic heterocycles. The van der Waals surface area contributed by atoms with E-state index in [4.69, 9.17) is 4.98 Å². The molecular formula is C23H21N3. The van der Waals surface area contributed by atoms with Crippen LogP contribution < -0.4 is 10.6 Å². The normalized spacial score (nSPS) is 10.7. The molecule has 0 fully saturated rings. The molecule has 0 radical (unpaired) electrons. The van der Waals surface area contributed by atoms with E-state index in [9.17, 15) is 0 Å². The van der Waals surface area contributed by atoms with Crippen molar-refractivity contribution in [3.05, 3.63) is 90.0 Å². The Morgan fingerprint density at radius 1 is 0.654 bits per heavy atom. The number of nitrogens with zero attached hydrogens (tertiary/aromatic N) is 1. The van der Waals surface area contributed by atoms with Crippen molar-refractivity contribution in [2.45, 2.75) is 13.8 Å². The van der Waals surface area contributed by atoms with Crippen molar-refractivity contribution in [2.24, 2.45) is 0 Å². The third kappa shape index (κ3) is 3.52. The highest BCUT2D eigenvalue weighted by atomic mass is 15.0. The lowest BCUT2D eigenvalue weighted by Crippen LogP contribution is -1.98. The molecule has 0 bridgehead atoms. The second kappa shape index (κ2) is 6.89. The molecule has 128 valence electrons. The van der Waals surface area contributed by atoms with E-state index in [1.54, 1.807) is 0 Å². The fraction of sp³-hybridized carbons (Fsp3) is 0.0870. The first-order chi connectivity index (χ1) is 12.7. The van der Waals surface area contributed by atoms with E-state index in [0.29, 0.717) is 0 Å². The molecule has 0 unspecified atom stereocenters. The minimum atomic E-state index is 0.821. The van der Waals surface area contributed by atoms with Crippen molar-refractivity contribution in [2.75, 3.05) is 10.6 Å². The van der Waals surface area contributed by atoms with Crippen molar-refractivity contribution in [1.82, 2.24) is 4.98 Å². The zero-order valence-corrected chi connectivity index (χ0v) is 15.0. The van der Waals surface area contributed by atoms with Crippen LogP contribution >= 0.6 is 0 Å². The number of anilines is 4. The van der Waals surface area contributed by atoms with Crippen molar-refractivity contribution < 1.29 is 0 Å². The predicted octanol–water partition coefficient (Wildman–Crippen LogP) is 6.34. The van der Waals surface area contributed by atoms with Crippen LogP contribution in [0.15, 0.2) is 78.9 Å². The summed E-state index contributed by atoms with van der Waals surface area (Å²) in [6, 6.07) is 27.0. The molecule has 1 heterocycles. The Balaban J connectivity index is 1.72. The molecule has 26 heavy (non-hydrogen) atoms. The van der Waals surface area contributed by atoms with Crippen LogP contribution in [0.5, 0.6) is 0 Å². The van der Waals surface area contributed by atoms with Crippen LogP contribution in [0.1, 0.15) is 11.1 Å². The van der Waals surface area contributed by atoms with Crippen molar-refractivity contribution in [1.29, 1.82) is 0 Å². The highest BCUT2D eigenvalue weighted by Crippen LogP contribution is 2.29. The molecule has 3 nitrogen and oxygen atoms in total. The number of hydrogen-bond donors (Lipinski definition) is 2. The molecule has 0 amide bonds. The molecule has 0 aliphatic heterocycles. The average Bonchev–Trinajstić information content (AvgIpc) is 2.65. The second-order valence-electron chi connectivity index (χ2n) is 6.55. The van der Waals surface area contributed by atoms with E-state index in [-0.39, 0.29) is 0 Å². The van der Waals surface area contributed by atoms with Crippen LogP contribution in [0.3, 0.4) is 0 Å². The molecule has 0 aliphatic rings. The second-order valence-corrected chi connectivity index (χ2v) is 6.55. The van der Waals surface area contributed by atoms with Gasteiger partial charge in [-0.05, 0) is 44.2 Å². The van der Waals surface area contributed by atoms with Gasteiger partial charge in [0.05, 0.1) is 11.2 Å². The Morgan fingerprint density at radius 3 is 1.88 bits per heavy atom. The minimum absolute atomic E-state index is 0.821. The summed E-state index contributed by atoms with van der Waals surface area (Å²) < 4.78 is 0. The first-order valence-electron chi connectivity index (χ1n) is 8.74. The van der Waals surface area contributed by atoms with Gasteiger partial charge in [0, 0.05) is 22.8 Å². The third-order valence-electron chi connectivity index (χ3n) is 4.37. The van der Waals surface area contributed by atoms with Crippen LogP contribution in [0.25, 0.3) is 10.9 Å². The van der Waals surface area contributed by atoms with Gasteiger partial charge >= 0.3 is 0 Å². The molecule has 0 aliphatic carbocycles. The molecule has 2 N–H and O–H groups in total. The number of para-hydroxylation sites is 1. The van der Waals surface area contributed by atoms with Gasteiger partial charge in [-0.1, -0.05) is 53.6 Å². The molecule has 4 rings (SSSR count). The summed E-state index contributed by atoms with van der Waals surface area (Å²) >= 11 is 0. The SMILES string of the molecule is Cc1ccc(Nc2cc(Nc3ccc(C)cc3)c3ccccc3n2)cc1. The molecule has 4 aromatic rings. The van der Waals surface area contributed by atoms with Crippen molar-refractivity contribution >= 4 is 33.8 Å². The van der Waals surface area contributed by atoms with Gasteiger partial charge < -0.3 is 10.6 Å². The van der Waals surface area contributed by atoms with E-state index >= 15 is 0 Å². The van der Waals surface area contributed by atoms with Gasteiger partial charge in [0.1, 0.15) is 5.82 Å². The van der Waals surface area contributed by atoms with Crippen LogP contribution in [0.4, 0.5) is 22.9 Å². The van der Waals surface area contributed by atoms with Crippen molar-refractivity contribution in [3.63, 3.8) is 0 Å². The van der Waals surface area contributed by atoms with Crippen LogP contribution in [-0.2, 0) is 0 Å². The van der Waals surface area contributed by atoms with E-state index < -0.39 is 0 Å². The number of benzene rings is 3. The fourth-order valence-corrected chi connectivity index (χ4v) is 2.92. The monoisotopic (exact) mass is 339 g/mol. The van der Waals surface area contributed by atoms with Crippen LogP contribution in [0.2, 0.25) is 0 Å². The lowest BCUT2D eigenvalue weighted by Gasteiger charge is -2.13. The zero-order chi connectivity index (χ0) is 17.9. The molecule has 0 saturated carbocycles. The van der Waals surface area contributed by atoms with Crippen molar-refractivity contribution in [3.8, 4) is 0 Å². The Morgan fingerprint density at radius 2 is 1.23 bits per heavy atom. The lowest BCUT2D eigenvalue weighted by atomic mass is 10.1. The maximum atomic E-state index is 4.76. The Bertz CT molecular complexity index is 1040. The van der Waals surface area contributed by atoms with Gasteiger partial charge in [-0.15, -0.1) is 0 Å². The topological polar surface area (TPSA) is 37.0 Å². The van der Waals surface area contributed by atoms with E-state index in [2.05, 4.69) is 85.1 Å². The summed E-state index contributed by atoms with van der Waals surface area (Å²) in [7, 11) is 0. The number of nitrogens with one attached hydrogen (secondary N) is 2. The summed E-state index contributed by atoms with van der Waals surface area (Å²) in [5.74, 6) is 0.821. The highest BCUT2D eigenvalue weighted by molar-refractivity contribution is 5.95. The number of fused-ring (bicyclic) bond motifs is 1. The van der Waals surface area contributed by atoms with Gasteiger partial charge in [0.25, 0.3) is 0 Å². The first-order valence-corrected chi connectivity index (χ1v) is 8.74. The van der Waals surface area contributed by atoms with Gasteiger partial charge in [-0.25, -0.2) is 4.98 Å². The molecule has 0 atom stereocenters. The smallest absolute Gasteiger partial charge is 0.133 e. The first kappa shape index (κ1) is 16.2. The Hall–Kier alpha value is -3.33. The summed E-state index contributed by atoms with van der Waals surface area (Å²) in [6.45, 7) is 4.18. The third-order valence-corrected chi connectivity index (χ3v) is 4.37. The summed E-state index contributed by atoms with van der Waals surface area (Å²) in [4.78, 5) is 4.76. The number of rotatable bonds is 4. The number of aryl methyl sites for hydroxylation is 2. The molecule has 0 spiro atoms. The van der Waals surface area contributed by atoms with Crippen LogP contribution in [-0.4, -0.2) is 4.98 Å². The predicted molar refractivity (Wildman–Crippen MR) is 111 cm³/mol. The fourth-order valence-electron chi connectivity index (χ4n) is 2.92. The van der Waals surface area contributed by atoms with Gasteiger partial charge in [-0.2, -0.15) is 0 Å². The van der Waals surface area contributed by atoms with E-state index in [1.165, 1.54) is 11.1 Å². The number of hydrogen-bond acceptors (Lipinski definition) is 3. The number of aromatic nitrogens is 1. The molecule has 3 heteroatoms. The summed E-state index contributed by atoms with van der Waals surface area (Å²) in [5, 5.41) is 8.04. The van der Waals surface area contributed by atoms with Crippen LogP contribution in [0, 0.1) is 13.8 Å². The minimum Gasteiger partial charge on any atom is -0.355 e. The highest BCUT2D eigenvalue weighted by Gasteiger charge is 2.07.